The van der Waals surface area contributed by atoms with Crippen molar-refractivity contribution in [1.29, 1.82) is 5.26 Å². The fourth-order valence-electron chi connectivity index (χ4n) is 2.74. The Morgan fingerprint density at radius 1 is 1.21 bits per heavy atom. The van der Waals surface area contributed by atoms with Gasteiger partial charge in [-0.25, -0.2) is 4.98 Å². The van der Waals surface area contributed by atoms with Gasteiger partial charge in [-0.15, -0.1) is 11.3 Å². The maximum absolute atomic E-state index is 10.7. The number of benzene rings is 2. The molecule has 0 saturated heterocycles. The second-order valence-electron chi connectivity index (χ2n) is 6.26. The van der Waals surface area contributed by atoms with E-state index in [1.54, 1.807) is 30.4 Å². The number of hydrogen-bond donors (Lipinski definition) is 0. The number of aromatic nitrogens is 1. The van der Waals surface area contributed by atoms with Gasteiger partial charge in [0.25, 0.3) is 5.69 Å². The lowest BCUT2D eigenvalue weighted by molar-refractivity contribution is -0.384. The molecule has 0 amide bonds. The van der Waals surface area contributed by atoms with Crippen LogP contribution < -0.4 is 0 Å². The number of nitro groups is 1. The fourth-order valence-corrected chi connectivity index (χ4v) is 3.54. The van der Waals surface area contributed by atoms with Crippen LogP contribution in [0.2, 0.25) is 0 Å². The predicted molar refractivity (Wildman–Crippen MR) is 113 cm³/mol. The lowest BCUT2D eigenvalue weighted by atomic mass is 10.0. The molecule has 0 radical (unpaired) electrons. The second kappa shape index (κ2) is 8.42. The third kappa shape index (κ3) is 4.40. The fraction of sp³-hybridized carbons (Fsp3) is 0.0909. The zero-order chi connectivity index (χ0) is 20.1. The van der Waals surface area contributed by atoms with Gasteiger partial charge in [-0.3, -0.25) is 10.1 Å². The lowest BCUT2D eigenvalue weighted by Gasteiger charge is -2.03. The van der Waals surface area contributed by atoms with E-state index in [1.165, 1.54) is 29.0 Å². The Morgan fingerprint density at radius 3 is 2.61 bits per heavy atom. The Balaban J connectivity index is 1.81. The van der Waals surface area contributed by atoms with Crippen LogP contribution in [0.1, 0.15) is 21.7 Å². The van der Waals surface area contributed by atoms with Gasteiger partial charge in [-0.05, 0) is 43.2 Å². The van der Waals surface area contributed by atoms with Gasteiger partial charge in [0, 0.05) is 23.1 Å². The van der Waals surface area contributed by atoms with Crippen molar-refractivity contribution < 1.29 is 4.92 Å². The van der Waals surface area contributed by atoms with E-state index in [1.807, 2.05) is 11.4 Å². The molecule has 138 valence electrons. The molecule has 0 atom stereocenters. The first kappa shape index (κ1) is 19.2. The Bertz CT molecular complexity index is 1120. The summed E-state index contributed by atoms with van der Waals surface area (Å²) in [7, 11) is 0. The van der Waals surface area contributed by atoms with E-state index in [2.05, 4.69) is 37.0 Å². The largest absolute Gasteiger partial charge is 0.269 e. The molecule has 0 saturated carbocycles. The molecule has 0 aliphatic heterocycles. The number of nitriles is 1. The zero-order valence-electron chi connectivity index (χ0n) is 15.4. The van der Waals surface area contributed by atoms with Gasteiger partial charge in [0.15, 0.2) is 0 Å². The van der Waals surface area contributed by atoms with Gasteiger partial charge in [-0.1, -0.05) is 35.9 Å². The van der Waals surface area contributed by atoms with Crippen molar-refractivity contribution in [3.63, 3.8) is 0 Å². The second-order valence-corrected chi connectivity index (χ2v) is 7.11. The number of thiazole rings is 1. The smallest absolute Gasteiger partial charge is 0.258 e. The van der Waals surface area contributed by atoms with Crippen molar-refractivity contribution in [3.05, 3.63) is 91.8 Å². The molecule has 0 N–H and O–H groups in total. The molecule has 3 rings (SSSR count). The number of non-ortho nitro benzene ring substituents is 1. The first-order chi connectivity index (χ1) is 13.5. The molecule has 1 aromatic heterocycles. The van der Waals surface area contributed by atoms with Crippen molar-refractivity contribution in [2.75, 3.05) is 0 Å². The quantitative estimate of drug-likeness (QED) is 0.234. The lowest BCUT2D eigenvalue weighted by Crippen LogP contribution is -1.86. The van der Waals surface area contributed by atoms with Crippen molar-refractivity contribution in [2.24, 2.45) is 0 Å². The summed E-state index contributed by atoms with van der Waals surface area (Å²) < 4.78 is 0. The predicted octanol–water partition coefficient (Wildman–Crippen LogP) is 5.96. The minimum absolute atomic E-state index is 0.0483. The Morgan fingerprint density at radius 2 is 1.96 bits per heavy atom. The SMILES string of the molecule is Cc1ccc(-c2csc(C(C#N)=CC=Cc3ccc([N+](=O)[O-])cc3)n2)c(C)c1. The monoisotopic (exact) mass is 387 g/mol. The number of aryl methyl sites for hydroxylation is 2. The highest BCUT2D eigenvalue weighted by atomic mass is 32.1. The third-order valence-electron chi connectivity index (χ3n) is 4.17. The minimum atomic E-state index is -0.434. The van der Waals surface area contributed by atoms with Gasteiger partial charge in [0.05, 0.1) is 16.2 Å². The number of nitro benzene ring substituents is 1. The van der Waals surface area contributed by atoms with Crippen LogP contribution in [0.4, 0.5) is 5.69 Å². The van der Waals surface area contributed by atoms with E-state index in [-0.39, 0.29) is 5.69 Å². The topological polar surface area (TPSA) is 79.8 Å². The summed E-state index contributed by atoms with van der Waals surface area (Å²) >= 11 is 1.43. The molecular formula is C22H17N3O2S. The molecule has 2 aromatic carbocycles. The maximum atomic E-state index is 10.7. The summed E-state index contributed by atoms with van der Waals surface area (Å²) in [6, 6.07) is 14.6. The minimum Gasteiger partial charge on any atom is -0.258 e. The standard InChI is InChI=1S/C22H17N3O2S/c1-15-6-11-20(16(2)12-15)21-14-28-22(24-21)18(13-23)5-3-4-17-7-9-19(10-8-17)25(26)27/h3-12,14H,1-2H3. The molecule has 0 bridgehead atoms. The zero-order valence-corrected chi connectivity index (χ0v) is 16.2. The van der Waals surface area contributed by atoms with Gasteiger partial charge in [0.2, 0.25) is 0 Å². The molecule has 5 nitrogen and oxygen atoms in total. The van der Waals surface area contributed by atoms with Crippen LogP contribution in [0, 0.1) is 35.3 Å². The molecule has 3 aromatic rings. The van der Waals surface area contributed by atoms with Crippen molar-refractivity contribution in [2.45, 2.75) is 13.8 Å². The van der Waals surface area contributed by atoms with Crippen LogP contribution in [0.5, 0.6) is 0 Å². The summed E-state index contributed by atoms with van der Waals surface area (Å²) in [5.41, 5.74) is 5.61. The highest BCUT2D eigenvalue weighted by Crippen LogP contribution is 2.28. The van der Waals surface area contributed by atoms with Crippen LogP contribution >= 0.6 is 11.3 Å². The summed E-state index contributed by atoms with van der Waals surface area (Å²) in [5, 5.41) is 22.8. The average molecular weight is 387 g/mol. The van der Waals surface area contributed by atoms with Crippen LogP contribution in [0.25, 0.3) is 22.9 Å². The van der Waals surface area contributed by atoms with E-state index in [4.69, 9.17) is 0 Å². The Hall–Kier alpha value is -3.56. The van der Waals surface area contributed by atoms with E-state index >= 15 is 0 Å². The first-order valence-electron chi connectivity index (χ1n) is 8.54. The van der Waals surface area contributed by atoms with E-state index in [0.29, 0.717) is 10.6 Å². The summed E-state index contributed by atoms with van der Waals surface area (Å²) in [5.74, 6) is 0. The average Bonchev–Trinajstić information content (AvgIpc) is 3.15. The third-order valence-corrected chi connectivity index (χ3v) is 5.04. The van der Waals surface area contributed by atoms with E-state index in [9.17, 15) is 15.4 Å². The van der Waals surface area contributed by atoms with E-state index < -0.39 is 4.92 Å². The molecule has 0 unspecified atom stereocenters. The number of hydrogen-bond acceptors (Lipinski definition) is 5. The van der Waals surface area contributed by atoms with Gasteiger partial charge in [-0.2, -0.15) is 5.26 Å². The number of rotatable bonds is 5. The van der Waals surface area contributed by atoms with Crippen LogP contribution in [0.3, 0.4) is 0 Å². The van der Waals surface area contributed by atoms with Gasteiger partial charge < -0.3 is 0 Å². The van der Waals surface area contributed by atoms with Crippen molar-refractivity contribution >= 4 is 28.7 Å². The van der Waals surface area contributed by atoms with Gasteiger partial charge >= 0.3 is 0 Å². The van der Waals surface area contributed by atoms with Crippen LogP contribution in [-0.2, 0) is 0 Å². The first-order valence-corrected chi connectivity index (χ1v) is 9.42. The van der Waals surface area contributed by atoms with Crippen molar-refractivity contribution in [3.8, 4) is 17.3 Å². The molecule has 1 heterocycles. The van der Waals surface area contributed by atoms with Crippen LogP contribution in [0.15, 0.2) is 60.0 Å². The molecule has 0 aliphatic carbocycles. The normalized spacial score (nSPS) is 11.5. The molecule has 28 heavy (non-hydrogen) atoms. The number of nitrogens with zero attached hydrogens (tertiary/aromatic N) is 3. The molecule has 6 heteroatoms. The Labute approximate surface area is 167 Å². The Kier molecular flexibility index (Phi) is 5.78. The van der Waals surface area contributed by atoms with E-state index in [0.717, 1.165) is 22.4 Å². The van der Waals surface area contributed by atoms with Crippen LogP contribution in [-0.4, -0.2) is 9.91 Å². The highest BCUT2D eigenvalue weighted by Gasteiger charge is 2.10. The molecular weight excluding hydrogens is 370 g/mol. The summed E-state index contributed by atoms with van der Waals surface area (Å²) in [4.78, 5) is 14.9. The maximum Gasteiger partial charge on any atom is 0.269 e. The molecule has 0 spiro atoms. The highest BCUT2D eigenvalue weighted by molar-refractivity contribution is 7.11. The van der Waals surface area contributed by atoms with Crippen molar-refractivity contribution in [1.82, 2.24) is 4.98 Å². The molecule has 0 fully saturated rings. The van der Waals surface area contributed by atoms with Gasteiger partial charge in [0.1, 0.15) is 11.1 Å². The summed E-state index contributed by atoms with van der Waals surface area (Å²) in [6.07, 6.45) is 5.24. The number of allylic oxidation sites excluding steroid dienone is 3. The molecule has 0 aliphatic rings. The summed E-state index contributed by atoms with van der Waals surface area (Å²) in [6.45, 7) is 4.10.